The molecular formula is C21H23ClN4OS. The maximum atomic E-state index is 6.30. The third-order valence-electron chi connectivity index (χ3n) is 5.77. The third kappa shape index (κ3) is 3.08. The topological polar surface area (TPSA) is 41.5 Å². The number of anilines is 2. The number of hydrogen-bond acceptors (Lipinski definition) is 6. The molecule has 1 aromatic carbocycles. The number of methoxy groups -OCH3 is 1. The fraction of sp³-hybridized carbons (Fsp3) is 0.429. The molecule has 7 heteroatoms. The van der Waals surface area contributed by atoms with Crippen LogP contribution in [-0.2, 0) is 12.8 Å². The predicted octanol–water partition coefficient (Wildman–Crippen LogP) is 4.56. The summed E-state index contributed by atoms with van der Waals surface area (Å²) >= 11 is 8.11. The zero-order chi connectivity index (χ0) is 19.1. The van der Waals surface area contributed by atoms with Gasteiger partial charge in [0.25, 0.3) is 0 Å². The van der Waals surface area contributed by atoms with Gasteiger partial charge in [0.15, 0.2) is 0 Å². The number of para-hydroxylation sites is 2. The van der Waals surface area contributed by atoms with Crippen molar-refractivity contribution in [2.24, 2.45) is 0 Å². The minimum atomic E-state index is 0.355. The highest BCUT2D eigenvalue weighted by Gasteiger charge is 2.26. The van der Waals surface area contributed by atoms with Crippen molar-refractivity contribution in [3.63, 3.8) is 0 Å². The summed E-state index contributed by atoms with van der Waals surface area (Å²) in [5, 5.41) is 1.60. The zero-order valence-electron chi connectivity index (χ0n) is 15.9. The Balaban J connectivity index is 1.45. The van der Waals surface area contributed by atoms with Crippen molar-refractivity contribution in [3.05, 3.63) is 40.0 Å². The van der Waals surface area contributed by atoms with E-state index in [9.17, 15) is 0 Å². The molecule has 1 saturated heterocycles. The summed E-state index contributed by atoms with van der Waals surface area (Å²) in [6.45, 7) is 3.67. The quantitative estimate of drug-likeness (QED) is 0.588. The van der Waals surface area contributed by atoms with Crippen molar-refractivity contribution in [1.82, 2.24) is 9.97 Å². The van der Waals surface area contributed by atoms with Crippen LogP contribution in [0.1, 0.15) is 23.3 Å². The van der Waals surface area contributed by atoms with Crippen LogP contribution in [0.5, 0.6) is 5.75 Å². The molecule has 5 nitrogen and oxygen atoms in total. The van der Waals surface area contributed by atoms with E-state index in [1.807, 2.05) is 12.1 Å². The second-order valence-corrected chi connectivity index (χ2v) is 8.77. The lowest BCUT2D eigenvalue weighted by molar-refractivity contribution is 0.413. The van der Waals surface area contributed by atoms with Crippen molar-refractivity contribution in [3.8, 4) is 5.75 Å². The molecule has 146 valence electrons. The van der Waals surface area contributed by atoms with E-state index in [0.29, 0.717) is 5.28 Å². The average molecular weight is 415 g/mol. The Kier molecular flexibility index (Phi) is 4.77. The van der Waals surface area contributed by atoms with Gasteiger partial charge < -0.3 is 14.5 Å². The summed E-state index contributed by atoms with van der Waals surface area (Å²) in [4.78, 5) is 16.5. The molecule has 0 spiro atoms. The molecule has 28 heavy (non-hydrogen) atoms. The van der Waals surface area contributed by atoms with Crippen LogP contribution in [0.4, 0.5) is 11.5 Å². The molecule has 0 radical (unpaired) electrons. The van der Waals surface area contributed by atoms with Crippen LogP contribution in [0.15, 0.2) is 24.3 Å². The molecule has 0 N–H and O–H groups in total. The molecule has 2 aromatic heterocycles. The summed E-state index contributed by atoms with van der Waals surface area (Å²) in [5.74, 6) is 1.95. The van der Waals surface area contributed by atoms with Gasteiger partial charge in [0.2, 0.25) is 5.28 Å². The van der Waals surface area contributed by atoms with Crippen molar-refractivity contribution >= 4 is 44.7 Å². The first-order valence-electron chi connectivity index (χ1n) is 9.85. The number of hydrogen-bond donors (Lipinski definition) is 0. The van der Waals surface area contributed by atoms with E-state index in [2.05, 4.69) is 31.9 Å². The Hall–Kier alpha value is -2.05. The van der Waals surface area contributed by atoms with Gasteiger partial charge in [-0.3, -0.25) is 0 Å². The van der Waals surface area contributed by atoms with Gasteiger partial charge in [0.05, 0.1) is 18.2 Å². The van der Waals surface area contributed by atoms with Gasteiger partial charge in [-0.25, -0.2) is 4.98 Å². The lowest BCUT2D eigenvalue weighted by atomic mass is 9.97. The average Bonchev–Trinajstić information content (AvgIpc) is 3.11. The number of thiophene rings is 1. The van der Waals surface area contributed by atoms with Crippen LogP contribution in [0, 0.1) is 0 Å². The molecule has 0 amide bonds. The van der Waals surface area contributed by atoms with E-state index < -0.39 is 0 Å². The van der Waals surface area contributed by atoms with E-state index in [4.69, 9.17) is 16.3 Å². The van der Waals surface area contributed by atoms with Gasteiger partial charge in [-0.1, -0.05) is 12.1 Å². The molecule has 0 bridgehead atoms. The first-order valence-corrected chi connectivity index (χ1v) is 11.0. The molecule has 1 aliphatic heterocycles. The maximum absolute atomic E-state index is 6.30. The summed E-state index contributed by atoms with van der Waals surface area (Å²) in [5.41, 5.74) is 2.62. The first kappa shape index (κ1) is 18.0. The minimum Gasteiger partial charge on any atom is -0.495 e. The molecule has 1 aliphatic carbocycles. The van der Waals surface area contributed by atoms with Gasteiger partial charge in [0, 0.05) is 31.1 Å². The number of ether oxygens (including phenoxy) is 1. The molecule has 0 atom stereocenters. The second-order valence-electron chi connectivity index (χ2n) is 7.35. The van der Waals surface area contributed by atoms with Crippen molar-refractivity contribution in [1.29, 1.82) is 0 Å². The van der Waals surface area contributed by atoms with E-state index in [0.717, 1.165) is 61.1 Å². The summed E-state index contributed by atoms with van der Waals surface area (Å²) < 4.78 is 5.54. The Morgan fingerprint density at radius 2 is 1.75 bits per heavy atom. The standard InChI is InChI=1S/C21H23ClN4OS/c1-27-16-8-4-3-7-15(16)25-10-12-26(13-11-25)19-18-14-6-2-5-9-17(14)28-20(18)24-21(22)23-19/h3-4,7-8H,2,5-6,9-13H2,1H3. The van der Waals surface area contributed by atoms with E-state index in [1.54, 1.807) is 18.4 Å². The van der Waals surface area contributed by atoms with Crippen LogP contribution in [0.2, 0.25) is 5.28 Å². The van der Waals surface area contributed by atoms with Crippen molar-refractivity contribution in [2.75, 3.05) is 43.1 Å². The van der Waals surface area contributed by atoms with Gasteiger partial charge >= 0.3 is 0 Å². The van der Waals surface area contributed by atoms with Crippen LogP contribution in [0.25, 0.3) is 10.2 Å². The maximum Gasteiger partial charge on any atom is 0.225 e. The SMILES string of the molecule is COc1ccccc1N1CCN(c2nc(Cl)nc3sc4c(c23)CCCC4)CC1. The smallest absolute Gasteiger partial charge is 0.225 e. The lowest BCUT2D eigenvalue weighted by Gasteiger charge is -2.37. The van der Waals surface area contributed by atoms with E-state index in [1.165, 1.54) is 28.7 Å². The monoisotopic (exact) mass is 414 g/mol. The fourth-order valence-corrected chi connectivity index (χ4v) is 5.86. The molecule has 1 fully saturated rings. The van der Waals surface area contributed by atoms with Gasteiger partial charge in [-0.05, 0) is 55.0 Å². The van der Waals surface area contributed by atoms with Crippen LogP contribution in [-0.4, -0.2) is 43.3 Å². The molecule has 3 heterocycles. The predicted molar refractivity (Wildman–Crippen MR) is 116 cm³/mol. The summed E-state index contributed by atoms with van der Waals surface area (Å²) in [7, 11) is 1.73. The Morgan fingerprint density at radius 1 is 1.00 bits per heavy atom. The lowest BCUT2D eigenvalue weighted by Crippen LogP contribution is -2.47. The van der Waals surface area contributed by atoms with Crippen LogP contribution < -0.4 is 14.5 Å². The first-order chi connectivity index (χ1) is 13.7. The molecule has 2 aliphatic rings. The van der Waals surface area contributed by atoms with Crippen molar-refractivity contribution < 1.29 is 4.74 Å². The van der Waals surface area contributed by atoms with E-state index >= 15 is 0 Å². The zero-order valence-corrected chi connectivity index (χ0v) is 17.5. The molecule has 5 rings (SSSR count). The van der Waals surface area contributed by atoms with Crippen molar-refractivity contribution in [2.45, 2.75) is 25.7 Å². The Labute approximate surface area is 173 Å². The Bertz CT molecular complexity index is 1010. The molecule has 0 saturated carbocycles. The largest absolute Gasteiger partial charge is 0.495 e. The number of nitrogens with zero attached hydrogens (tertiary/aromatic N) is 4. The number of aromatic nitrogens is 2. The summed E-state index contributed by atoms with van der Waals surface area (Å²) in [6, 6.07) is 8.23. The highest BCUT2D eigenvalue weighted by atomic mass is 35.5. The summed E-state index contributed by atoms with van der Waals surface area (Å²) in [6.07, 6.45) is 4.82. The normalized spacial score (nSPS) is 17.1. The molecular weight excluding hydrogens is 392 g/mol. The highest BCUT2D eigenvalue weighted by Crippen LogP contribution is 2.40. The number of piperazine rings is 1. The number of rotatable bonds is 3. The van der Waals surface area contributed by atoms with E-state index in [-0.39, 0.29) is 0 Å². The number of fused-ring (bicyclic) bond motifs is 3. The second kappa shape index (κ2) is 7.41. The van der Waals surface area contributed by atoms with Crippen LogP contribution >= 0.6 is 22.9 Å². The van der Waals surface area contributed by atoms with Crippen LogP contribution in [0.3, 0.4) is 0 Å². The number of halogens is 1. The Morgan fingerprint density at radius 3 is 2.57 bits per heavy atom. The molecule has 0 unspecified atom stereocenters. The molecule has 3 aromatic rings. The van der Waals surface area contributed by atoms with Gasteiger partial charge in [-0.15, -0.1) is 11.3 Å². The minimum absolute atomic E-state index is 0.355. The number of aryl methyl sites for hydroxylation is 2. The van der Waals surface area contributed by atoms with Gasteiger partial charge in [-0.2, -0.15) is 4.98 Å². The number of benzene rings is 1. The third-order valence-corrected chi connectivity index (χ3v) is 7.13. The highest BCUT2D eigenvalue weighted by molar-refractivity contribution is 7.19. The van der Waals surface area contributed by atoms with Gasteiger partial charge in [0.1, 0.15) is 16.4 Å². The fourth-order valence-electron chi connectivity index (χ4n) is 4.39.